The molecule has 0 atom stereocenters. The van der Waals surface area contributed by atoms with Gasteiger partial charge in [0.05, 0.1) is 17.8 Å². The van der Waals surface area contributed by atoms with Gasteiger partial charge in [-0.3, -0.25) is 9.36 Å². The summed E-state index contributed by atoms with van der Waals surface area (Å²) in [5.41, 5.74) is 1.92. The van der Waals surface area contributed by atoms with Gasteiger partial charge in [-0.25, -0.2) is 9.97 Å². The Bertz CT molecular complexity index is 1200. The molecule has 0 aliphatic carbocycles. The predicted octanol–water partition coefficient (Wildman–Crippen LogP) is 4.73. The maximum Gasteiger partial charge on any atom is 0.268 e. The van der Waals surface area contributed by atoms with Gasteiger partial charge in [0.1, 0.15) is 11.0 Å². The molecule has 5 nitrogen and oxygen atoms in total. The Morgan fingerprint density at radius 1 is 1.11 bits per heavy atom. The third-order valence-electron chi connectivity index (χ3n) is 4.09. The van der Waals surface area contributed by atoms with Crippen LogP contribution in [0.1, 0.15) is 5.56 Å². The third kappa shape index (κ3) is 3.58. The highest BCUT2D eigenvalue weighted by Crippen LogP contribution is 2.19. The van der Waals surface area contributed by atoms with Crippen molar-refractivity contribution in [2.45, 2.75) is 6.54 Å². The lowest BCUT2D eigenvalue weighted by Crippen LogP contribution is -2.25. The molecule has 0 radical (unpaired) electrons. The smallest absolute Gasteiger partial charge is 0.268 e. The second kappa shape index (κ2) is 7.34. The van der Waals surface area contributed by atoms with E-state index >= 15 is 0 Å². The van der Waals surface area contributed by atoms with Gasteiger partial charge in [-0.1, -0.05) is 33.6 Å². The van der Waals surface area contributed by atoms with Crippen LogP contribution in [0.25, 0.3) is 17.1 Å². The van der Waals surface area contributed by atoms with Crippen molar-refractivity contribution < 1.29 is 0 Å². The molecule has 0 fully saturated rings. The van der Waals surface area contributed by atoms with E-state index in [9.17, 15) is 4.79 Å². The first-order chi connectivity index (χ1) is 13.0. The summed E-state index contributed by atoms with van der Waals surface area (Å²) in [6.45, 7) is 0.505. The quantitative estimate of drug-likeness (QED) is 0.328. The Hall–Kier alpha value is -2.35. The van der Waals surface area contributed by atoms with Crippen molar-refractivity contribution in [3.8, 4) is 17.1 Å². The Balaban J connectivity index is 1.85. The predicted molar refractivity (Wildman–Crippen MR) is 111 cm³/mol. The number of pyridine rings is 2. The second-order valence-electron chi connectivity index (χ2n) is 5.87. The summed E-state index contributed by atoms with van der Waals surface area (Å²) in [6.07, 6.45) is 3.56. The minimum Gasteiger partial charge on any atom is -0.328 e. The van der Waals surface area contributed by atoms with Crippen LogP contribution in [0.15, 0.2) is 70.2 Å². The van der Waals surface area contributed by atoms with Crippen molar-refractivity contribution in [3.63, 3.8) is 0 Å². The van der Waals surface area contributed by atoms with Crippen molar-refractivity contribution in [1.29, 1.82) is 0 Å². The van der Waals surface area contributed by atoms with Crippen LogP contribution < -0.4 is 5.56 Å². The van der Waals surface area contributed by atoms with Crippen LogP contribution in [0.5, 0.6) is 0 Å². The van der Waals surface area contributed by atoms with Crippen LogP contribution >= 0.6 is 39.7 Å². The molecular formula is C19H12BrClN4OS. The van der Waals surface area contributed by atoms with E-state index in [1.165, 1.54) is 4.57 Å². The summed E-state index contributed by atoms with van der Waals surface area (Å²) in [5.74, 6) is 0.538. The zero-order valence-electron chi connectivity index (χ0n) is 13.8. The van der Waals surface area contributed by atoms with Crippen LogP contribution in [-0.4, -0.2) is 19.1 Å². The van der Waals surface area contributed by atoms with Gasteiger partial charge in [0, 0.05) is 16.9 Å². The summed E-state index contributed by atoms with van der Waals surface area (Å²) in [6, 6.07) is 14.6. The van der Waals surface area contributed by atoms with Gasteiger partial charge in [-0.15, -0.1) is 0 Å². The van der Waals surface area contributed by atoms with E-state index in [0.29, 0.717) is 28.8 Å². The number of hydrogen-bond donors (Lipinski definition) is 0. The first-order valence-electron chi connectivity index (χ1n) is 8.01. The molecule has 134 valence electrons. The molecule has 0 amide bonds. The summed E-state index contributed by atoms with van der Waals surface area (Å²) in [4.78, 5) is 21.7. The van der Waals surface area contributed by atoms with Crippen molar-refractivity contribution >= 4 is 39.7 Å². The molecule has 4 rings (SSSR count). The average Bonchev–Trinajstić information content (AvgIpc) is 2.66. The highest BCUT2D eigenvalue weighted by atomic mass is 79.9. The molecule has 8 heteroatoms. The lowest BCUT2D eigenvalue weighted by atomic mass is 10.2. The topological polar surface area (TPSA) is 52.7 Å². The number of halogens is 2. The van der Waals surface area contributed by atoms with Crippen LogP contribution in [0.3, 0.4) is 0 Å². The summed E-state index contributed by atoms with van der Waals surface area (Å²) in [7, 11) is 0. The van der Waals surface area contributed by atoms with E-state index in [-0.39, 0.29) is 10.3 Å². The minimum absolute atomic E-state index is 0.198. The Kier molecular flexibility index (Phi) is 4.90. The third-order valence-corrected chi connectivity index (χ3v) is 5.12. The zero-order valence-corrected chi connectivity index (χ0v) is 17.0. The Morgan fingerprint density at radius 3 is 2.59 bits per heavy atom. The molecular weight excluding hydrogens is 448 g/mol. The van der Waals surface area contributed by atoms with Crippen molar-refractivity contribution in [3.05, 3.63) is 91.2 Å². The summed E-state index contributed by atoms with van der Waals surface area (Å²) < 4.78 is 4.46. The van der Waals surface area contributed by atoms with E-state index < -0.39 is 0 Å². The molecule has 2 aromatic rings. The number of fused-ring (bicyclic) bond motifs is 1. The monoisotopic (exact) mass is 458 g/mol. The van der Waals surface area contributed by atoms with Gasteiger partial charge < -0.3 is 4.57 Å². The fourth-order valence-electron chi connectivity index (χ4n) is 2.82. The lowest BCUT2D eigenvalue weighted by Gasteiger charge is -2.16. The van der Waals surface area contributed by atoms with Gasteiger partial charge in [0.25, 0.3) is 5.56 Å². The van der Waals surface area contributed by atoms with Crippen molar-refractivity contribution in [1.82, 2.24) is 19.1 Å². The van der Waals surface area contributed by atoms with E-state index in [0.717, 1.165) is 10.0 Å². The molecule has 0 unspecified atom stereocenters. The molecule has 3 heterocycles. The van der Waals surface area contributed by atoms with Crippen LogP contribution in [-0.2, 0) is 6.54 Å². The summed E-state index contributed by atoms with van der Waals surface area (Å²) >= 11 is 14.7. The van der Waals surface area contributed by atoms with Gasteiger partial charge in [0.15, 0.2) is 0 Å². The van der Waals surface area contributed by atoms with Gasteiger partial charge in [-0.2, -0.15) is 0 Å². The largest absolute Gasteiger partial charge is 0.328 e. The lowest BCUT2D eigenvalue weighted by molar-refractivity contribution is 0.758. The number of benzene rings is 1. The molecule has 1 aromatic heterocycles. The maximum atomic E-state index is 13.1. The van der Waals surface area contributed by atoms with E-state index in [1.54, 1.807) is 18.3 Å². The summed E-state index contributed by atoms with van der Waals surface area (Å²) in [5, 5.41) is 0.435. The van der Waals surface area contributed by atoms with Gasteiger partial charge >= 0.3 is 0 Å². The molecule has 0 bridgehead atoms. The first-order valence-corrected chi connectivity index (χ1v) is 9.59. The molecule has 2 aliphatic rings. The van der Waals surface area contributed by atoms with E-state index in [4.69, 9.17) is 23.8 Å². The Morgan fingerprint density at radius 2 is 1.89 bits per heavy atom. The first kappa shape index (κ1) is 18.0. The van der Waals surface area contributed by atoms with Crippen molar-refractivity contribution in [2.24, 2.45) is 0 Å². The molecule has 0 N–H and O–H groups in total. The number of nitrogens with zero attached hydrogens (tertiary/aromatic N) is 4. The van der Waals surface area contributed by atoms with E-state index in [1.807, 2.05) is 47.2 Å². The van der Waals surface area contributed by atoms with Gasteiger partial charge in [-0.05, 0) is 60.2 Å². The fourth-order valence-corrected chi connectivity index (χ4v) is 3.48. The molecule has 27 heavy (non-hydrogen) atoms. The average molecular weight is 460 g/mol. The van der Waals surface area contributed by atoms with Crippen LogP contribution in [0.4, 0.5) is 0 Å². The molecule has 2 aliphatic heterocycles. The molecule has 0 saturated carbocycles. The highest BCUT2D eigenvalue weighted by molar-refractivity contribution is 9.10. The van der Waals surface area contributed by atoms with Crippen LogP contribution in [0, 0.1) is 4.77 Å². The molecule has 0 spiro atoms. The fraction of sp³-hybridized carbons (Fsp3) is 0.0526. The second-order valence-corrected chi connectivity index (χ2v) is 7.54. The maximum absolute atomic E-state index is 13.1. The SMILES string of the molecule is O=c1c2cccn(Cc3ccc(Cl)nc3)c-2nc(=S)n1-c1ccc(Br)cc1. The van der Waals surface area contributed by atoms with Crippen LogP contribution in [0.2, 0.25) is 5.15 Å². The minimum atomic E-state index is -0.198. The van der Waals surface area contributed by atoms with E-state index in [2.05, 4.69) is 25.9 Å². The van der Waals surface area contributed by atoms with Crippen molar-refractivity contribution in [2.75, 3.05) is 0 Å². The zero-order chi connectivity index (χ0) is 19.0. The highest BCUT2D eigenvalue weighted by Gasteiger charge is 2.16. The Labute approximate surface area is 173 Å². The standard InChI is InChI=1S/C19H12BrClN4OS/c20-13-4-6-14(7-5-13)25-18(26)15-2-1-9-24(17(15)23-19(25)27)11-12-3-8-16(21)22-10-12/h1-10H,11H2. The van der Waals surface area contributed by atoms with Gasteiger partial charge in [0.2, 0.25) is 4.77 Å². The molecule has 1 aromatic carbocycles. The normalized spacial score (nSPS) is 11.0. The number of hydrogen-bond acceptors (Lipinski definition) is 4. The molecule has 0 saturated heterocycles. The number of rotatable bonds is 3. The number of aromatic nitrogens is 4.